The van der Waals surface area contributed by atoms with Crippen LogP contribution in [0.1, 0.15) is 111 Å². The highest BCUT2D eigenvalue weighted by Gasteiger charge is 2.61. The summed E-state index contributed by atoms with van der Waals surface area (Å²) in [4.78, 5) is 66.5. The van der Waals surface area contributed by atoms with Crippen molar-refractivity contribution >= 4 is 45.9 Å². The molecule has 12 heteroatoms. The third-order valence-corrected chi connectivity index (χ3v) is 13.5. The van der Waals surface area contributed by atoms with Crippen molar-refractivity contribution in [1.82, 2.24) is 14.9 Å². The van der Waals surface area contributed by atoms with Gasteiger partial charge in [0.25, 0.3) is 0 Å². The molecule has 8 atom stereocenters. The Morgan fingerprint density at radius 3 is 2.40 bits per heavy atom. The number of amides is 1. The lowest BCUT2D eigenvalue weighted by Gasteiger charge is -2.35. The van der Waals surface area contributed by atoms with Crippen LogP contribution < -0.4 is 9.47 Å². The minimum atomic E-state index is -1.12. The fourth-order valence-corrected chi connectivity index (χ4v) is 10.2. The number of rotatable bonds is 17. The van der Waals surface area contributed by atoms with Gasteiger partial charge in [-0.1, -0.05) is 54.9 Å². The molecule has 1 amide bonds. The lowest BCUT2D eigenvalue weighted by Crippen LogP contribution is -2.48. The van der Waals surface area contributed by atoms with E-state index in [1.807, 2.05) is 57.3 Å². The summed E-state index contributed by atoms with van der Waals surface area (Å²) in [7, 11) is 0. The number of fused-ring (bicyclic) bond motifs is 2. The Hall–Kier alpha value is -4.06. The van der Waals surface area contributed by atoms with Crippen LogP contribution >= 0.6 is 11.3 Å². The molecule has 1 unspecified atom stereocenters. The number of ketones is 1. The largest absolute Gasteiger partial charge is 0.494 e. The molecule has 1 N–H and O–H groups in total. The fourth-order valence-electron chi connectivity index (χ4n) is 9.22. The first-order valence-electron chi connectivity index (χ1n) is 21.0. The maximum Gasteiger partial charge on any atom is 0.310 e. The van der Waals surface area contributed by atoms with Crippen LogP contribution in [0.3, 0.4) is 0 Å². The molecular formula is C45H59N3O8S. The van der Waals surface area contributed by atoms with Crippen molar-refractivity contribution in [2.24, 2.45) is 40.4 Å². The Balaban J connectivity index is 1.19. The summed E-state index contributed by atoms with van der Waals surface area (Å²) in [5.41, 5.74) is 0.305. The summed E-state index contributed by atoms with van der Waals surface area (Å²) in [5, 5.41) is 14.0. The molecule has 0 bridgehead atoms. The average Bonchev–Trinajstić information content (AvgIpc) is 3.82. The number of aliphatic carboxylic acids is 1. The second-order valence-electron chi connectivity index (χ2n) is 18.6. The van der Waals surface area contributed by atoms with E-state index in [2.05, 4.69) is 20.8 Å². The Bertz CT molecular complexity index is 2000. The molecule has 0 radical (unpaired) electrons. The van der Waals surface area contributed by atoms with Gasteiger partial charge in [-0.05, 0) is 73.3 Å². The zero-order valence-corrected chi connectivity index (χ0v) is 35.4. The smallest absolute Gasteiger partial charge is 0.310 e. The van der Waals surface area contributed by atoms with Crippen LogP contribution in [0.5, 0.6) is 11.5 Å². The molecule has 1 saturated heterocycles. The monoisotopic (exact) mass is 801 g/mol. The normalized spacial score (nSPS) is 27.0. The van der Waals surface area contributed by atoms with Gasteiger partial charge in [0.2, 0.25) is 5.91 Å². The number of thiazole rings is 1. The van der Waals surface area contributed by atoms with Crippen LogP contribution in [0, 0.1) is 40.4 Å². The maximum absolute atomic E-state index is 14.8. The van der Waals surface area contributed by atoms with Gasteiger partial charge >= 0.3 is 11.9 Å². The minimum Gasteiger partial charge on any atom is -0.494 e. The van der Waals surface area contributed by atoms with Crippen LogP contribution in [0.4, 0.5) is 0 Å². The molecule has 57 heavy (non-hydrogen) atoms. The van der Waals surface area contributed by atoms with Gasteiger partial charge in [-0.3, -0.25) is 19.2 Å². The first-order chi connectivity index (χ1) is 27.1. The highest BCUT2D eigenvalue weighted by atomic mass is 32.1. The molecule has 1 aromatic carbocycles. The molecule has 3 heterocycles. The third kappa shape index (κ3) is 9.00. The van der Waals surface area contributed by atoms with E-state index in [-0.39, 0.29) is 49.5 Å². The van der Waals surface area contributed by atoms with Crippen LogP contribution in [-0.2, 0) is 30.3 Å². The topological polar surface area (TPSA) is 145 Å². The lowest BCUT2D eigenvalue weighted by atomic mass is 9.77. The zero-order chi connectivity index (χ0) is 40.8. The number of benzene rings is 1. The number of nitrogens with zero attached hydrogens (tertiary/aromatic N) is 3. The van der Waals surface area contributed by atoms with E-state index < -0.39 is 40.8 Å². The SMILES string of the molecule is CCCOc1ccc2c(O[C@H]3C[C@@H](C(=O)C[C@@]4(C(=O)O)C[C@H]4CC)N(C(=O)[C@@H](CC(=O)OC4C[C@@H]5C[C@@H]5C4)C(C)(C)C)C3)cc(-c3csc(CC(C)C)n3)nc2c1. The Labute approximate surface area is 340 Å². The average molecular weight is 802 g/mol. The van der Waals surface area contributed by atoms with Crippen molar-refractivity contribution in [3.63, 3.8) is 0 Å². The summed E-state index contributed by atoms with van der Waals surface area (Å²) in [6, 6.07) is 6.67. The number of carboxylic acid groups (broad SMARTS) is 1. The summed E-state index contributed by atoms with van der Waals surface area (Å²) in [5.74, 6) is 0.178. The van der Waals surface area contributed by atoms with Crippen molar-refractivity contribution in [2.45, 2.75) is 131 Å². The van der Waals surface area contributed by atoms with Crippen molar-refractivity contribution in [3.05, 3.63) is 34.7 Å². The number of likely N-dealkylation sites (tertiary alicyclic amines) is 1. The lowest BCUT2D eigenvalue weighted by molar-refractivity contribution is -0.157. The minimum absolute atomic E-state index is 0.0881. The van der Waals surface area contributed by atoms with Crippen LogP contribution in [0.15, 0.2) is 29.6 Å². The first-order valence-corrected chi connectivity index (χ1v) is 21.9. The standard InChI is InChI=1S/C45H59N3O8S/c1-8-12-54-29-10-11-32-34(17-29)46-35(36-24-57-40(47-36)13-25(3)4)20-39(32)55-31-18-37(38(49)22-45(43(52)53)21-28(45)9-2)48(23-31)42(51)33(44(5,6)7)19-41(50)56-30-15-26-14-27(26)16-30/h10-11,17,20,24-28,30-31,33,37H,8-9,12-16,18-19,21-23H2,1-7H3,(H,52,53)/t26-,27+,28-,30?,31+,33-,37+,45+/m1/s1. The molecule has 4 fully saturated rings. The molecule has 308 valence electrons. The van der Waals surface area contributed by atoms with E-state index in [0.717, 1.165) is 41.8 Å². The number of Topliss-reactive ketones (excluding diaryl/α,β-unsaturated/α-hetero) is 1. The van der Waals surface area contributed by atoms with E-state index in [1.54, 1.807) is 16.2 Å². The molecule has 3 saturated carbocycles. The van der Waals surface area contributed by atoms with Gasteiger partial charge in [-0.2, -0.15) is 0 Å². The van der Waals surface area contributed by atoms with Gasteiger partial charge in [-0.25, -0.2) is 9.97 Å². The molecule has 7 rings (SSSR count). The molecule has 2 aromatic heterocycles. The van der Waals surface area contributed by atoms with E-state index in [4.69, 9.17) is 24.2 Å². The summed E-state index contributed by atoms with van der Waals surface area (Å²) in [6.45, 7) is 14.8. The van der Waals surface area contributed by atoms with E-state index in [9.17, 15) is 24.3 Å². The molecule has 11 nitrogen and oxygen atoms in total. The van der Waals surface area contributed by atoms with E-state index >= 15 is 0 Å². The molecule has 3 aromatic rings. The Morgan fingerprint density at radius 1 is 1.00 bits per heavy atom. The number of carboxylic acids is 1. The fraction of sp³-hybridized carbons (Fsp3) is 0.644. The van der Waals surface area contributed by atoms with Crippen molar-refractivity contribution in [2.75, 3.05) is 13.2 Å². The summed E-state index contributed by atoms with van der Waals surface area (Å²) < 4.78 is 18.7. The van der Waals surface area contributed by atoms with Gasteiger partial charge < -0.3 is 24.2 Å². The van der Waals surface area contributed by atoms with Gasteiger partial charge in [0.05, 0.1) is 58.9 Å². The number of aromatic nitrogens is 2. The molecular weight excluding hydrogens is 743 g/mol. The third-order valence-electron chi connectivity index (χ3n) is 12.7. The van der Waals surface area contributed by atoms with Crippen LogP contribution in [0.25, 0.3) is 22.3 Å². The van der Waals surface area contributed by atoms with Gasteiger partial charge in [0, 0.05) is 42.2 Å². The number of carbonyl (C=O) groups is 4. The van der Waals surface area contributed by atoms with Gasteiger partial charge in [-0.15, -0.1) is 11.3 Å². The second-order valence-corrected chi connectivity index (χ2v) is 19.6. The van der Waals surface area contributed by atoms with Crippen LogP contribution in [-0.4, -0.2) is 75.0 Å². The molecule has 0 spiro atoms. The Morgan fingerprint density at radius 2 is 1.75 bits per heavy atom. The van der Waals surface area contributed by atoms with Gasteiger partial charge in [0.15, 0.2) is 5.78 Å². The second kappa shape index (κ2) is 16.3. The zero-order valence-electron chi connectivity index (χ0n) is 34.5. The first kappa shape index (κ1) is 41.1. The van der Waals surface area contributed by atoms with Gasteiger partial charge in [0.1, 0.15) is 23.7 Å². The number of pyridine rings is 1. The summed E-state index contributed by atoms with van der Waals surface area (Å²) >= 11 is 1.60. The van der Waals surface area contributed by atoms with Crippen molar-refractivity contribution in [1.29, 1.82) is 0 Å². The van der Waals surface area contributed by atoms with Crippen molar-refractivity contribution < 1.29 is 38.5 Å². The molecule has 1 aliphatic heterocycles. The molecule has 4 aliphatic rings. The number of carbonyl (C=O) groups excluding carboxylic acids is 3. The maximum atomic E-state index is 14.8. The number of esters is 1. The number of ether oxygens (including phenoxy) is 3. The van der Waals surface area contributed by atoms with Crippen molar-refractivity contribution in [3.8, 4) is 22.9 Å². The predicted octanol–water partition coefficient (Wildman–Crippen LogP) is 8.55. The number of hydrogen-bond acceptors (Lipinski definition) is 10. The quantitative estimate of drug-likeness (QED) is 0.132. The molecule has 3 aliphatic carbocycles. The highest BCUT2D eigenvalue weighted by molar-refractivity contribution is 7.09. The Kier molecular flexibility index (Phi) is 11.8. The van der Waals surface area contributed by atoms with Crippen LogP contribution in [0.2, 0.25) is 0 Å². The van der Waals surface area contributed by atoms with E-state index in [1.165, 1.54) is 6.42 Å². The predicted molar refractivity (Wildman–Crippen MR) is 218 cm³/mol. The summed E-state index contributed by atoms with van der Waals surface area (Å²) in [6.07, 6.45) is 5.04. The van der Waals surface area contributed by atoms with E-state index in [0.29, 0.717) is 59.9 Å². The highest BCUT2D eigenvalue weighted by Crippen LogP contribution is 2.58. The number of hydrogen-bond donors (Lipinski definition) is 1.